The Labute approximate surface area is 125 Å². The fraction of sp³-hybridized carbons (Fsp3) is 0.300. The normalized spacial score (nSPS) is 8.55. The summed E-state index contributed by atoms with van der Waals surface area (Å²) in [5, 5.41) is 0. The second kappa shape index (κ2) is 13.6. The maximum absolute atomic E-state index is 3.36. The zero-order chi connectivity index (χ0) is 15.1. The van der Waals surface area contributed by atoms with Gasteiger partial charge >= 0.3 is 0 Å². The Morgan fingerprint density at radius 1 is 0.900 bits per heavy atom. The molecular formula is C20H28. The van der Waals surface area contributed by atoms with Crippen molar-refractivity contribution in [1.82, 2.24) is 0 Å². The van der Waals surface area contributed by atoms with E-state index >= 15 is 0 Å². The molecule has 0 amide bonds. The molecule has 2 rings (SSSR count). The van der Waals surface area contributed by atoms with Gasteiger partial charge < -0.3 is 0 Å². The van der Waals surface area contributed by atoms with Crippen molar-refractivity contribution in [2.45, 2.75) is 40.0 Å². The van der Waals surface area contributed by atoms with Crippen LogP contribution in [0.15, 0.2) is 73.3 Å². The van der Waals surface area contributed by atoms with Gasteiger partial charge in [-0.05, 0) is 32.3 Å². The highest BCUT2D eigenvalue weighted by Crippen LogP contribution is 2.03. The first-order chi connectivity index (χ1) is 9.74. The van der Waals surface area contributed by atoms with Crippen LogP contribution in [0, 0.1) is 6.92 Å². The van der Waals surface area contributed by atoms with E-state index < -0.39 is 0 Å². The average molecular weight is 268 g/mol. The molecule has 2 aromatic carbocycles. The minimum Gasteiger partial charge on any atom is -0.103 e. The SMILES string of the molecule is C=CC.CCCCc1ccccc1.Cc1ccccc1. The van der Waals surface area contributed by atoms with Crippen molar-refractivity contribution >= 4 is 0 Å². The molecule has 0 heteroatoms. The number of hydrogen-bond donors (Lipinski definition) is 0. The molecule has 0 unspecified atom stereocenters. The van der Waals surface area contributed by atoms with E-state index in [9.17, 15) is 0 Å². The summed E-state index contributed by atoms with van der Waals surface area (Å²) < 4.78 is 0. The van der Waals surface area contributed by atoms with E-state index in [4.69, 9.17) is 0 Å². The molecule has 0 aliphatic heterocycles. The number of aryl methyl sites for hydroxylation is 2. The molecule has 0 aliphatic carbocycles. The van der Waals surface area contributed by atoms with E-state index in [2.05, 4.69) is 62.9 Å². The van der Waals surface area contributed by atoms with Gasteiger partial charge in [-0.2, -0.15) is 0 Å². The van der Waals surface area contributed by atoms with E-state index in [0.29, 0.717) is 0 Å². The number of hydrogen-bond acceptors (Lipinski definition) is 0. The summed E-state index contributed by atoms with van der Waals surface area (Å²) >= 11 is 0. The Morgan fingerprint density at radius 3 is 1.70 bits per heavy atom. The predicted octanol–water partition coefficient (Wildman–Crippen LogP) is 6.22. The van der Waals surface area contributed by atoms with E-state index in [1.165, 1.54) is 30.4 Å². The summed E-state index contributed by atoms with van der Waals surface area (Å²) in [6, 6.07) is 20.9. The lowest BCUT2D eigenvalue weighted by molar-refractivity contribution is 0.795. The van der Waals surface area contributed by atoms with Gasteiger partial charge in [-0.15, -0.1) is 6.58 Å². The minimum absolute atomic E-state index is 1.23. The Kier molecular flexibility index (Phi) is 12.4. The van der Waals surface area contributed by atoms with Gasteiger partial charge in [0.05, 0.1) is 0 Å². The van der Waals surface area contributed by atoms with Gasteiger partial charge in [0.25, 0.3) is 0 Å². The molecule has 0 N–H and O–H groups in total. The Bertz CT molecular complexity index is 414. The fourth-order valence-corrected chi connectivity index (χ4v) is 1.56. The average Bonchev–Trinajstić information content (AvgIpc) is 2.48. The lowest BCUT2D eigenvalue weighted by Crippen LogP contribution is -1.81. The second-order valence-corrected chi connectivity index (χ2v) is 4.65. The summed E-state index contributed by atoms with van der Waals surface area (Å²) in [5.41, 5.74) is 2.78. The number of rotatable bonds is 3. The molecule has 0 bridgehead atoms. The smallest absolute Gasteiger partial charge is 0.0279 e. The molecule has 108 valence electrons. The summed E-state index contributed by atoms with van der Waals surface area (Å²) in [6.07, 6.45) is 5.58. The second-order valence-electron chi connectivity index (χ2n) is 4.65. The third-order valence-electron chi connectivity index (χ3n) is 2.60. The monoisotopic (exact) mass is 268 g/mol. The van der Waals surface area contributed by atoms with Crippen LogP contribution in [0.5, 0.6) is 0 Å². The summed E-state index contributed by atoms with van der Waals surface area (Å²) in [6.45, 7) is 9.56. The first-order valence-electron chi connectivity index (χ1n) is 7.37. The van der Waals surface area contributed by atoms with Crippen LogP contribution in [-0.4, -0.2) is 0 Å². The molecule has 0 heterocycles. The van der Waals surface area contributed by atoms with E-state index in [1.54, 1.807) is 6.08 Å². The third-order valence-corrected chi connectivity index (χ3v) is 2.60. The Balaban J connectivity index is 0.000000315. The molecule has 0 spiro atoms. The highest BCUT2D eigenvalue weighted by atomic mass is 13.9. The molecule has 0 nitrogen and oxygen atoms in total. The summed E-state index contributed by atoms with van der Waals surface area (Å²) in [7, 11) is 0. The lowest BCUT2D eigenvalue weighted by atomic mass is 10.1. The van der Waals surface area contributed by atoms with Crippen LogP contribution in [-0.2, 0) is 6.42 Å². The first kappa shape index (κ1) is 18.2. The fourth-order valence-electron chi connectivity index (χ4n) is 1.56. The van der Waals surface area contributed by atoms with Crippen LogP contribution in [0.4, 0.5) is 0 Å². The highest BCUT2D eigenvalue weighted by molar-refractivity contribution is 5.14. The summed E-state index contributed by atoms with van der Waals surface area (Å²) in [4.78, 5) is 0. The van der Waals surface area contributed by atoms with Gasteiger partial charge in [-0.1, -0.05) is 85.6 Å². The van der Waals surface area contributed by atoms with Crippen molar-refractivity contribution < 1.29 is 0 Å². The molecule has 2 aromatic rings. The van der Waals surface area contributed by atoms with Gasteiger partial charge in [0.15, 0.2) is 0 Å². The molecule has 0 aliphatic rings. The van der Waals surface area contributed by atoms with Gasteiger partial charge in [0.1, 0.15) is 0 Å². The van der Waals surface area contributed by atoms with Crippen LogP contribution >= 0.6 is 0 Å². The van der Waals surface area contributed by atoms with Crippen molar-refractivity contribution in [3.8, 4) is 0 Å². The maximum Gasteiger partial charge on any atom is -0.0279 e. The van der Waals surface area contributed by atoms with Crippen molar-refractivity contribution in [3.05, 3.63) is 84.4 Å². The standard InChI is InChI=1S/C10H14.C7H8.C3H6/c1-2-3-7-10-8-5-4-6-9-10;1-7-5-3-2-4-6-7;1-3-2/h4-6,8-9H,2-3,7H2,1H3;2-6H,1H3;3H,1H2,2H3. The van der Waals surface area contributed by atoms with Gasteiger partial charge in [-0.25, -0.2) is 0 Å². The van der Waals surface area contributed by atoms with Gasteiger partial charge in [0.2, 0.25) is 0 Å². The molecule has 0 fully saturated rings. The number of unbranched alkanes of at least 4 members (excludes halogenated alkanes) is 1. The van der Waals surface area contributed by atoms with Crippen molar-refractivity contribution in [2.24, 2.45) is 0 Å². The Morgan fingerprint density at radius 2 is 1.35 bits per heavy atom. The lowest BCUT2D eigenvalue weighted by Gasteiger charge is -1.96. The van der Waals surface area contributed by atoms with Gasteiger partial charge in [0, 0.05) is 0 Å². The van der Waals surface area contributed by atoms with Crippen molar-refractivity contribution in [3.63, 3.8) is 0 Å². The quantitative estimate of drug-likeness (QED) is 0.580. The largest absolute Gasteiger partial charge is 0.103 e. The van der Waals surface area contributed by atoms with Crippen LogP contribution < -0.4 is 0 Å². The molecule has 20 heavy (non-hydrogen) atoms. The van der Waals surface area contributed by atoms with Crippen LogP contribution in [0.2, 0.25) is 0 Å². The summed E-state index contributed by atoms with van der Waals surface area (Å²) in [5.74, 6) is 0. The Hall–Kier alpha value is -1.82. The highest BCUT2D eigenvalue weighted by Gasteiger charge is 1.87. The number of benzene rings is 2. The first-order valence-corrected chi connectivity index (χ1v) is 7.37. The van der Waals surface area contributed by atoms with Crippen molar-refractivity contribution in [1.29, 1.82) is 0 Å². The molecule has 0 saturated carbocycles. The van der Waals surface area contributed by atoms with Crippen LogP contribution in [0.1, 0.15) is 37.8 Å². The number of allylic oxidation sites excluding steroid dienone is 1. The molecule has 0 radical (unpaired) electrons. The zero-order valence-corrected chi connectivity index (χ0v) is 13.2. The molecular weight excluding hydrogens is 240 g/mol. The predicted molar refractivity (Wildman–Crippen MR) is 92.1 cm³/mol. The van der Waals surface area contributed by atoms with Crippen LogP contribution in [0.3, 0.4) is 0 Å². The molecule has 0 atom stereocenters. The van der Waals surface area contributed by atoms with Gasteiger partial charge in [-0.3, -0.25) is 0 Å². The van der Waals surface area contributed by atoms with Crippen molar-refractivity contribution in [2.75, 3.05) is 0 Å². The van der Waals surface area contributed by atoms with E-state index in [1.807, 2.05) is 25.1 Å². The maximum atomic E-state index is 3.36. The third kappa shape index (κ3) is 11.3. The van der Waals surface area contributed by atoms with Crippen LogP contribution in [0.25, 0.3) is 0 Å². The minimum atomic E-state index is 1.23. The molecule has 0 saturated heterocycles. The zero-order valence-electron chi connectivity index (χ0n) is 13.2. The molecule has 0 aromatic heterocycles. The van der Waals surface area contributed by atoms with E-state index in [0.717, 1.165) is 0 Å². The topological polar surface area (TPSA) is 0 Å². The van der Waals surface area contributed by atoms with E-state index in [-0.39, 0.29) is 0 Å².